The Bertz CT molecular complexity index is 1030. The second kappa shape index (κ2) is 6.83. The van der Waals surface area contributed by atoms with E-state index >= 15 is 0 Å². The lowest BCUT2D eigenvalue weighted by atomic mass is 10.2. The van der Waals surface area contributed by atoms with Crippen LogP contribution in [0.15, 0.2) is 45.7 Å². The molecule has 11 heteroatoms. The molecule has 0 N–H and O–H groups in total. The number of sulfone groups is 1. The van der Waals surface area contributed by atoms with Crippen molar-refractivity contribution in [2.45, 2.75) is 11.3 Å². The second-order valence-corrected chi connectivity index (χ2v) is 7.86. The molecule has 0 saturated carbocycles. The van der Waals surface area contributed by atoms with Crippen molar-refractivity contribution in [2.24, 2.45) is 0 Å². The van der Waals surface area contributed by atoms with Gasteiger partial charge in [0.1, 0.15) is 4.92 Å². The number of nitrogens with zero attached hydrogens (tertiary/aromatic N) is 3. The summed E-state index contributed by atoms with van der Waals surface area (Å²) >= 11 is 0. The lowest BCUT2D eigenvalue weighted by Crippen LogP contribution is -2.45. The molecule has 27 heavy (non-hydrogen) atoms. The molecule has 2 aromatic rings. The Morgan fingerprint density at radius 1 is 1.07 bits per heavy atom. The zero-order valence-electron chi connectivity index (χ0n) is 14.2. The summed E-state index contributed by atoms with van der Waals surface area (Å²) < 4.78 is 28.8. The SMILES string of the molecule is CS(=O)(=O)c1ccccc1C(=O)N1CCCN1C(=O)c1ccc([N+](=O)[O-])o1. The van der Waals surface area contributed by atoms with Gasteiger partial charge < -0.3 is 4.42 Å². The third-order valence-corrected chi connectivity index (χ3v) is 5.15. The van der Waals surface area contributed by atoms with Crippen LogP contribution in [0.2, 0.25) is 0 Å². The number of carbonyl (C=O) groups is 2. The number of furan rings is 1. The van der Waals surface area contributed by atoms with E-state index in [1.54, 1.807) is 0 Å². The number of carbonyl (C=O) groups excluding carboxylic acids is 2. The quantitative estimate of drug-likeness (QED) is 0.568. The maximum atomic E-state index is 12.9. The average molecular weight is 393 g/mol. The van der Waals surface area contributed by atoms with Gasteiger partial charge in [0, 0.05) is 19.3 Å². The molecule has 1 aliphatic heterocycles. The normalized spacial score (nSPS) is 14.4. The Morgan fingerprint density at radius 2 is 1.70 bits per heavy atom. The van der Waals surface area contributed by atoms with E-state index in [1.165, 1.54) is 24.3 Å². The summed E-state index contributed by atoms with van der Waals surface area (Å²) in [6.45, 7) is 0.394. The smallest absolute Gasteiger partial charge is 0.395 e. The summed E-state index contributed by atoms with van der Waals surface area (Å²) in [5.74, 6) is -2.23. The average Bonchev–Trinajstić information content (AvgIpc) is 3.29. The van der Waals surface area contributed by atoms with Crippen LogP contribution in [-0.4, -0.2) is 54.5 Å². The van der Waals surface area contributed by atoms with E-state index in [9.17, 15) is 28.1 Å². The highest BCUT2D eigenvalue weighted by Gasteiger charge is 2.35. The third kappa shape index (κ3) is 3.53. The first-order valence-corrected chi connectivity index (χ1v) is 9.76. The lowest BCUT2D eigenvalue weighted by Gasteiger charge is -2.27. The van der Waals surface area contributed by atoms with Gasteiger partial charge in [-0.3, -0.25) is 19.7 Å². The van der Waals surface area contributed by atoms with Crippen molar-refractivity contribution in [3.63, 3.8) is 0 Å². The molecule has 1 aromatic carbocycles. The van der Waals surface area contributed by atoms with Crippen LogP contribution in [0.4, 0.5) is 5.88 Å². The highest BCUT2D eigenvalue weighted by Crippen LogP contribution is 2.24. The number of hydrogen-bond acceptors (Lipinski definition) is 7. The van der Waals surface area contributed by atoms with E-state index in [-0.39, 0.29) is 29.3 Å². The minimum Gasteiger partial charge on any atom is -0.395 e. The Balaban J connectivity index is 1.91. The Kier molecular flexibility index (Phi) is 4.70. The predicted molar refractivity (Wildman–Crippen MR) is 91.6 cm³/mol. The molecule has 2 heterocycles. The summed E-state index contributed by atoms with van der Waals surface area (Å²) in [7, 11) is -3.65. The van der Waals surface area contributed by atoms with Crippen molar-refractivity contribution < 1.29 is 27.3 Å². The summed E-state index contributed by atoms with van der Waals surface area (Å²) in [6.07, 6.45) is 1.47. The molecule has 0 aliphatic carbocycles. The Labute approximate surface area is 154 Å². The van der Waals surface area contributed by atoms with Gasteiger partial charge >= 0.3 is 11.8 Å². The van der Waals surface area contributed by atoms with Gasteiger partial charge in [-0.15, -0.1) is 0 Å². The van der Waals surface area contributed by atoms with Crippen molar-refractivity contribution in [3.05, 3.63) is 57.8 Å². The molecule has 0 spiro atoms. The van der Waals surface area contributed by atoms with Crippen molar-refractivity contribution in [1.82, 2.24) is 10.0 Å². The van der Waals surface area contributed by atoms with Crippen LogP contribution in [0.5, 0.6) is 0 Å². The van der Waals surface area contributed by atoms with E-state index in [4.69, 9.17) is 4.42 Å². The summed E-state index contributed by atoms with van der Waals surface area (Å²) in [5.41, 5.74) is -0.0508. The number of hydrazine groups is 1. The van der Waals surface area contributed by atoms with Crippen LogP contribution >= 0.6 is 0 Å². The molecule has 0 unspecified atom stereocenters. The first-order chi connectivity index (χ1) is 12.7. The fourth-order valence-corrected chi connectivity index (χ4v) is 3.69. The van der Waals surface area contributed by atoms with Crippen LogP contribution in [0.3, 0.4) is 0 Å². The molecular weight excluding hydrogens is 378 g/mol. The largest absolute Gasteiger partial charge is 0.433 e. The number of hydrogen-bond donors (Lipinski definition) is 0. The number of nitro groups is 1. The molecule has 1 saturated heterocycles. The molecule has 1 aliphatic rings. The molecule has 0 atom stereocenters. The van der Waals surface area contributed by atoms with Gasteiger partial charge in [-0.25, -0.2) is 18.4 Å². The van der Waals surface area contributed by atoms with Crippen molar-refractivity contribution >= 4 is 27.5 Å². The Morgan fingerprint density at radius 3 is 2.30 bits per heavy atom. The summed E-state index contributed by atoms with van der Waals surface area (Å²) in [4.78, 5) is 35.3. The minimum atomic E-state index is -3.65. The fourth-order valence-electron chi connectivity index (χ4n) is 2.81. The molecule has 2 amide bonds. The molecule has 0 bridgehead atoms. The van der Waals surface area contributed by atoms with Crippen LogP contribution in [0.25, 0.3) is 0 Å². The summed E-state index contributed by atoms with van der Waals surface area (Å²) in [6, 6.07) is 7.93. The van der Waals surface area contributed by atoms with Gasteiger partial charge in [-0.2, -0.15) is 0 Å². The summed E-state index contributed by atoms with van der Waals surface area (Å²) in [5, 5.41) is 12.9. The number of benzene rings is 1. The Hall–Kier alpha value is -3.21. The molecule has 3 rings (SSSR count). The van der Waals surface area contributed by atoms with Crippen molar-refractivity contribution in [3.8, 4) is 0 Å². The first kappa shape index (κ1) is 18.6. The highest BCUT2D eigenvalue weighted by molar-refractivity contribution is 7.90. The first-order valence-electron chi connectivity index (χ1n) is 7.87. The van der Waals surface area contributed by atoms with Gasteiger partial charge in [0.15, 0.2) is 9.84 Å². The molecule has 0 radical (unpaired) electrons. The topological polar surface area (TPSA) is 131 Å². The van der Waals surface area contributed by atoms with E-state index in [1.807, 2.05) is 0 Å². The molecule has 10 nitrogen and oxygen atoms in total. The molecular formula is C16H15N3O7S. The van der Waals surface area contributed by atoms with Gasteiger partial charge in [0.25, 0.3) is 5.91 Å². The fraction of sp³-hybridized carbons (Fsp3) is 0.250. The molecule has 1 aromatic heterocycles. The number of amides is 2. The zero-order valence-corrected chi connectivity index (χ0v) is 15.0. The van der Waals surface area contributed by atoms with E-state index in [2.05, 4.69) is 0 Å². The predicted octanol–water partition coefficient (Wildman–Crippen LogP) is 1.49. The standard InChI is InChI=1S/C16H15N3O7S/c1-27(24,25)13-6-3-2-5-11(13)15(20)17-9-4-10-18(17)16(21)12-7-8-14(26-12)19(22)23/h2-3,5-8H,4,9-10H2,1H3. The van der Waals surface area contributed by atoms with E-state index < -0.39 is 32.5 Å². The van der Waals surface area contributed by atoms with Crippen LogP contribution < -0.4 is 0 Å². The minimum absolute atomic E-state index is 0.0508. The zero-order chi connectivity index (χ0) is 19.8. The van der Waals surface area contributed by atoms with Crippen LogP contribution in [-0.2, 0) is 9.84 Å². The van der Waals surface area contributed by atoms with Crippen LogP contribution in [0, 0.1) is 10.1 Å². The van der Waals surface area contributed by atoms with Gasteiger partial charge in [0.05, 0.1) is 16.5 Å². The molecule has 1 fully saturated rings. The maximum absolute atomic E-state index is 12.9. The number of rotatable bonds is 4. The van der Waals surface area contributed by atoms with E-state index in [0.29, 0.717) is 6.42 Å². The van der Waals surface area contributed by atoms with Crippen molar-refractivity contribution in [2.75, 3.05) is 19.3 Å². The van der Waals surface area contributed by atoms with E-state index in [0.717, 1.165) is 28.4 Å². The molecule has 142 valence electrons. The maximum Gasteiger partial charge on any atom is 0.433 e. The third-order valence-electron chi connectivity index (χ3n) is 4.00. The van der Waals surface area contributed by atoms with Gasteiger partial charge in [0.2, 0.25) is 5.76 Å². The van der Waals surface area contributed by atoms with Crippen LogP contribution in [0.1, 0.15) is 27.3 Å². The highest BCUT2D eigenvalue weighted by atomic mass is 32.2. The lowest BCUT2D eigenvalue weighted by molar-refractivity contribution is -0.402. The van der Waals surface area contributed by atoms with Crippen molar-refractivity contribution in [1.29, 1.82) is 0 Å². The second-order valence-electron chi connectivity index (χ2n) is 5.87. The monoisotopic (exact) mass is 393 g/mol. The van der Waals surface area contributed by atoms with Gasteiger partial charge in [-0.1, -0.05) is 12.1 Å². The van der Waals surface area contributed by atoms with Gasteiger partial charge in [-0.05, 0) is 24.6 Å².